The third-order valence-electron chi connectivity index (χ3n) is 2.95. The van der Waals surface area contributed by atoms with Gasteiger partial charge in [0.05, 0.1) is 19.4 Å². The van der Waals surface area contributed by atoms with Crippen LogP contribution in [0.2, 0.25) is 0 Å². The maximum absolute atomic E-state index is 11.7. The molecule has 5 nitrogen and oxygen atoms in total. The fraction of sp³-hybridized carbons (Fsp3) is 0.214. The zero-order valence-corrected chi connectivity index (χ0v) is 10.3. The van der Waals surface area contributed by atoms with Gasteiger partial charge >= 0.3 is 6.03 Å². The van der Waals surface area contributed by atoms with Crippen molar-refractivity contribution >= 4 is 11.7 Å². The Morgan fingerprint density at radius 2 is 2.26 bits per heavy atom. The molecule has 0 saturated carbocycles. The lowest BCUT2D eigenvalue weighted by molar-refractivity contribution is 0.251. The summed E-state index contributed by atoms with van der Waals surface area (Å²) in [6.45, 7) is 1.08. The molecule has 98 valence electrons. The number of ether oxygens (including phenoxy) is 1. The van der Waals surface area contributed by atoms with Crippen molar-refractivity contribution in [1.82, 2.24) is 5.32 Å². The molecule has 2 amide bonds. The summed E-state index contributed by atoms with van der Waals surface area (Å²) < 4.78 is 10.5. The molecule has 0 atom stereocenters. The highest BCUT2D eigenvalue weighted by molar-refractivity contribution is 5.89. The summed E-state index contributed by atoms with van der Waals surface area (Å²) >= 11 is 0. The van der Waals surface area contributed by atoms with Crippen LogP contribution in [0, 0.1) is 0 Å². The van der Waals surface area contributed by atoms with E-state index < -0.39 is 0 Å². The first kappa shape index (κ1) is 11.6. The van der Waals surface area contributed by atoms with Gasteiger partial charge in [-0.3, -0.25) is 0 Å². The number of furan rings is 1. The Bertz CT molecular complexity index is 578. The van der Waals surface area contributed by atoms with Gasteiger partial charge in [-0.05, 0) is 35.9 Å². The first-order chi connectivity index (χ1) is 9.31. The van der Waals surface area contributed by atoms with E-state index in [-0.39, 0.29) is 6.03 Å². The van der Waals surface area contributed by atoms with Crippen molar-refractivity contribution in [2.24, 2.45) is 0 Å². The number of nitrogens with one attached hydrogen (secondary N) is 2. The molecule has 0 fully saturated rings. The average molecular weight is 258 g/mol. The van der Waals surface area contributed by atoms with E-state index in [1.165, 1.54) is 0 Å². The molecule has 5 heteroatoms. The summed E-state index contributed by atoms with van der Waals surface area (Å²) in [4.78, 5) is 11.7. The normalized spacial score (nSPS) is 12.6. The van der Waals surface area contributed by atoms with Crippen LogP contribution in [0.4, 0.5) is 10.5 Å². The molecule has 0 aliphatic carbocycles. The van der Waals surface area contributed by atoms with Crippen molar-refractivity contribution in [3.63, 3.8) is 0 Å². The minimum Gasteiger partial charge on any atom is -0.493 e. The number of carbonyl (C=O) groups is 1. The van der Waals surface area contributed by atoms with E-state index in [0.717, 1.165) is 29.2 Å². The van der Waals surface area contributed by atoms with E-state index in [0.29, 0.717) is 13.2 Å². The maximum atomic E-state index is 11.7. The van der Waals surface area contributed by atoms with Gasteiger partial charge in [0.1, 0.15) is 11.5 Å². The highest BCUT2D eigenvalue weighted by Gasteiger charge is 2.12. The smallest absolute Gasteiger partial charge is 0.319 e. The average Bonchev–Trinajstić information content (AvgIpc) is 3.07. The Labute approximate surface area is 110 Å². The summed E-state index contributed by atoms with van der Waals surface area (Å²) in [5, 5.41) is 5.51. The molecule has 1 aromatic heterocycles. The summed E-state index contributed by atoms with van der Waals surface area (Å²) in [5.74, 6) is 1.62. The van der Waals surface area contributed by atoms with Gasteiger partial charge in [0, 0.05) is 12.1 Å². The fourth-order valence-corrected chi connectivity index (χ4v) is 2.02. The fourth-order valence-electron chi connectivity index (χ4n) is 2.02. The van der Waals surface area contributed by atoms with E-state index in [2.05, 4.69) is 10.6 Å². The summed E-state index contributed by atoms with van der Waals surface area (Å²) in [7, 11) is 0. The second-order valence-electron chi connectivity index (χ2n) is 4.31. The predicted octanol–water partition coefficient (Wildman–Crippen LogP) is 2.54. The van der Waals surface area contributed by atoms with E-state index in [1.54, 1.807) is 12.3 Å². The van der Waals surface area contributed by atoms with Gasteiger partial charge in [-0.25, -0.2) is 4.79 Å². The zero-order valence-electron chi connectivity index (χ0n) is 10.3. The number of benzene rings is 1. The standard InChI is InChI=1S/C14H14N2O3/c17-14(15-9-12-2-1-6-18-12)16-11-3-4-13-10(8-11)5-7-19-13/h1-4,6,8H,5,7,9H2,(H2,15,16,17). The molecule has 0 saturated heterocycles. The SMILES string of the molecule is O=C(NCc1ccco1)Nc1ccc2c(c1)CCO2. The molecule has 2 aromatic rings. The lowest BCUT2D eigenvalue weighted by atomic mass is 10.1. The van der Waals surface area contributed by atoms with Gasteiger partial charge in [0.2, 0.25) is 0 Å². The first-order valence-corrected chi connectivity index (χ1v) is 6.14. The van der Waals surface area contributed by atoms with Crippen molar-refractivity contribution < 1.29 is 13.9 Å². The number of fused-ring (bicyclic) bond motifs is 1. The first-order valence-electron chi connectivity index (χ1n) is 6.14. The zero-order chi connectivity index (χ0) is 13.1. The molecular formula is C14H14N2O3. The molecule has 1 aliphatic heterocycles. The van der Waals surface area contributed by atoms with Gasteiger partial charge in [-0.2, -0.15) is 0 Å². The molecule has 1 aromatic carbocycles. The van der Waals surface area contributed by atoms with Gasteiger partial charge in [0.25, 0.3) is 0 Å². The van der Waals surface area contributed by atoms with E-state index in [9.17, 15) is 4.79 Å². The van der Waals surface area contributed by atoms with Crippen LogP contribution in [0.1, 0.15) is 11.3 Å². The lowest BCUT2D eigenvalue weighted by Crippen LogP contribution is -2.27. The Balaban J connectivity index is 1.57. The molecule has 0 radical (unpaired) electrons. The molecule has 3 rings (SSSR count). The Hall–Kier alpha value is -2.43. The molecule has 0 unspecified atom stereocenters. The Kier molecular flexibility index (Phi) is 3.10. The van der Waals surface area contributed by atoms with Gasteiger partial charge in [-0.1, -0.05) is 0 Å². The van der Waals surface area contributed by atoms with Gasteiger partial charge in [0.15, 0.2) is 0 Å². The number of hydrogen-bond donors (Lipinski definition) is 2. The van der Waals surface area contributed by atoms with Crippen LogP contribution in [0.15, 0.2) is 41.0 Å². The maximum Gasteiger partial charge on any atom is 0.319 e. The highest BCUT2D eigenvalue weighted by Crippen LogP contribution is 2.27. The van der Waals surface area contributed by atoms with Crippen molar-refractivity contribution in [3.05, 3.63) is 47.9 Å². The number of amides is 2. The monoisotopic (exact) mass is 258 g/mol. The van der Waals surface area contributed by atoms with E-state index in [1.807, 2.05) is 24.3 Å². The van der Waals surface area contributed by atoms with Gasteiger partial charge in [-0.15, -0.1) is 0 Å². The number of hydrogen-bond acceptors (Lipinski definition) is 3. The molecule has 0 spiro atoms. The van der Waals surface area contributed by atoms with E-state index >= 15 is 0 Å². The molecule has 19 heavy (non-hydrogen) atoms. The topological polar surface area (TPSA) is 63.5 Å². The number of urea groups is 1. The van der Waals surface area contributed by atoms with E-state index in [4.69, 9.17) is 9.15 Å². The summed E-state index contributed by atoms with van der Waals surface area (Å²) in [5.41, 5.74) is 1.89. The van der Waals surface area contributed by atoms with Crippen LogP contribution in [0.25, 0.3) is 0 Å². The second kappa shape index (κ2) is 5.06. The minimum atomic E-state index is -0.254. The van der Waals surface area contributed by atoms with Crippen LogP contribution in [0.3, 0.4) is 0 Å². The number of carbonyl (C=O) groups excluding carboxylic acids is 1. The summed E-state index contributed by atoms with van der Waals surface area (Å²) in [6.07, 6.45) is 2.47. The van der Waals surface area contributed by atoms with Crippen LogP contribution in [-0.4, -0.2) is 12.6 Å². The third kappa shape index (κ3) is 2.70. The lowest BCUT2D eigenvalue weighted by Gasteiger charge is -2.07. The third-order valence-corrected chi connectivity index (χ3v) is 2.95. The summed E-state index contributed by atoms with van der Waals surface area (Å²) in [6, 6.07) is 8.99. The molecule has 2 N–H and O–H groups in total. The van der Waals surface area contributed by atoms with Crippen molar-refractivity contribution in [2.75, 3.05) is 11.9 Å². The number of rotatable bonds is 3. The molecule has 0 bridgehead atoms. The largest absolute Gasteiger partial charge is 0.493 e. The van der Waals surface area contributed by atoms with Crippen LogP contribution >= 0.6 is 0 Å². The van der Waals surface area contributed by atoms with Crippen LogP contribution in [-0.2, 0) is 13.0 Å². The van der Waals surface area contributed by atoms with Crippen molar-refractivity contribution in [1.29, 1.82) is 0 Å². The molecule has 2 heterocycles. The molecular weight excluding hydrogens is 244 g/mol. The molecule has 1 aliphatic rings. The van der Waals surface area contributed by atoms with Crippen molar-refractivity contribution in [3.8, 4) is 5.75 Å². The highest BCUT2D eigenvalue weighted by atomic mass is 16.5. The second-order valence-corrected chi connectivity index (χ2v) is 4.31. The minimum absolute atomic E-state index is 0.254. The van der Waals surface area contributed by atoms with Crippen LogP contribution < -0.4 is 15.4 Å². The Morgan fingerprint density at radius 1 is 1.32 bits per heavy atom. The Morgan fingerprint density at radius 3 is 3.11 bits per heavy atom. The predicted molar refractivity (Wildman–Crippen MR) is 70.2 cm³/mol. The quantitative estimate of drug-likeness (QED) is 0.889. The van der Waals surface area contributed by atoms with Crippen LogP contribution in [0.5, 0.6) is 5.75 Å². The van der Waals surface area contributed by atoms with Gasteiger partial charge < -0.3 is 19.8 Å². The number of anilines is 1. The van der Waals surface area contributed by atoms with Crippen molar-refractivity contribution in [2.45, 2.75) is 13.0 Å².